The van der Waals surface area contributed by atoms with Crippen LogP contribution < -0.4 is 0 Å². The molecule has 0 fully saturated rings. The maximum Gasteiger partial charge on any atom is 0.0635 e. The summed E-state index contributed by atoms with van der Waals surface area (Å²) in [5.74, 6) is 0.730. The number of nitrogens with zero attached hydrogens (tertiary/aromatic N) is 2. The molecule has 0 rings (SSSR count). The molecule has 0 aromatic carbocycles. The van der Waals surface area contributed by atoms with Crippen molar-refractivity contribution in [3.8, 4) is 6.07 Å². The van der Waals surface area contributed by atoms with Crippen LogP contribution in [0.15, 0.2) is 0 Å². The number of halogens is 1. The van der Waals surface area contributed by atoms with Gasteiger partial charge >= 0.3 is 0 Å². The fourth-order valence-electron chi connectivity index (χ4n) is 1.40. The van der Waals surface area contributed by atoms with E-state index in [2.05, 4.69) is 40.9 Å². The molecule has 0 amide bonds. The summed E-state index contributed by atoms with van der Waals surface area (Å²) < 4.78 is 0. The first-order valence-corrected chi connectivity index (χ1v) is 5.98. The van der Waals surface area contributed by atoms with E-state index in [-0.39, 0.29) is 0 Å². The molecule has 0 aromatic heterocycles. The SMILES string of the molecule is CCCC(CBr)CN(C)CCC#N. The van der Waals surface area contributed by atoms with Gasteiger partial charge in [-0.05, 0) is 19.4 Å². The van der Waals surface area contributed by atoms with Gasteiger partial charge in [-0.3, -0.25) is 0 Å². The number of hydrogen-bond donors (Lipinski definition) is 0. The molecular weight excluding hydrogens is 228 g/mol. The van der Waals surface area contributed by atoms with Gasteiger partial charge < -0.3 is 4.90 Å². The minimum atomic E-state index is 0.637. The number of rotatable bonds is 7. The molecule has 0 aliphatic carbocycles. The first-order valence-electron chi connectivity index (χ1n) is 4.86. The Morgan fingerprint density at radius 3 is 2.69 bits per heavy atom. The largest absolute Gasteiger partial charge is 0.305 e. The Bertz CT molecular complexity index is 153. The third kappa shape index (κ3) is 7.04. The van der Waals surface area contributed by atoms with Crippen LogP contribution in [0.4, 0.5) is 0 Å². The zero-order valence-corrected chi connectivity index (χ0v) is 10.2. The van der Waals surface area contributed by atoms with Crippen LogP contribution in [0.1, 0.15) is 26.2 Å². The van der Waals surface area contributed by atoms with E-state index in [1.54, 1.807) is 0 Å². The molecule has 1 unspecified atom stereocenters. The highest BCUT2D eigenvalue weighted by Gasteiger charge is 2.08. The predicted molar refractivity (Wildman–Crippen MR) is 59.9 cm³/mol. The Labute approximate surface area is 90.0 Å². The number of hydrogen-bond acceptors (Lipinski definition) is 2. The van der Waals surface area contributed by atoms with Gasteiger partial charge in [-0.2, -0.15) is 5.26 Å². The van der Waals surface area contributed by atoms with Gasteiger partial charge in [0.25, 0.3) is 0 Å². The summed E-state index contributed by atoms with van der Waals surface area (Å²) in [6, 6.07) is 2.17. The van der Waals surface area contributed by atoms with E-state index in [1.165, 1.54) is 12.8 Å². The third-order valence-electron chi connectivity index (χ3n) is 2.09. The zero-order valence-electron chi connectivity index (χ0n) is 8.59. The van der Waals surface area contributed by atoms with Gasteiger partial charge in [-0.15, -0.1) is 0 Å². The summed E-state index contributed by atoms with van der Waals surface area (Å²) in [6.07, 6.45) is 3.14. The quantitative estimate of drug-likeness (QED) is 0.646. The number of nitriles is 1. The van der Waals surface area contributed by atoms with Gasteiger partial charge in [0, 0.05) is 24.8 Å². The van der Waals surface area contributed by atoms with E-state index in [1.807, 2.05) is 0 Å². The van der Waals surface area contributed by atoms with Crippen LogP contribution >= 0.6 is 15.9 Å². The Morgan fingerprint density at radius 1 is 1.54 bits per heavy atom. The van der Waals surface area contributed by atoms with Crippen molar-refractivity contribution in [3.05, 3.63) is 0 Å². The summed E-state index contributed by atoms with van der Waals surface area (Å²) in [4.78, 5) is 2.24. The van der Waals surface area contributed by atoms with E-state index >= 15 is 0 Å². The first-order chi connectivity index (χ1) is 6.24. The Morgan fingerprint density at radius 2 is 2.23 bits per heavy atom. The van der Waals surface area contributed by atoms with Crippen molar-refractivity contribution in [3.63, 3.8) is 0 Å². The van der Waals surface area contributed by atoms with E-state index in [0.717, 1.165) is 24.3 Å². The fraction of sp³-hybridized carbons (Fsp3) is 0.900. The third-order valence-corrected chi connectivity index (χ3v) is 3.01. The highest BCUT2D eigenvalue weighted by molar-refractivity contribution is 9.09. The van der Waals surface area contributed by atoms with Gasteiger partial charge in [-0.1, -0.05) is 29.3 Å². The minimum Gasteiger partial charge on any atom is -0.305 e. The van der Waals surface area contributed by atoms with Crippen LogP contribution in [-0.4, -0.2) is 30.4 Å². The maximum atomic E-state index is 8.42. The molecule has 1 atom stereocenters. The lowest BCUT2D eigenvalue weighted by Crippen LogP contribution is -2.27. The molecule has 76 valence electrons. The lowest BCUT2D eigenvalue weighted by molar-refractivity contribution is 0.286. The monoisotopic (exact) mass is 246 g/mol. The van der Waals surface area contributed by atoms with Crippen molar-refractivity contribution in [2.24, 2.45) is 5.92 Å². The Hall–Kier alpha value is -0.0700. The van der Waals surface area contributed by atoms with Crippen molar-refractivity contribution in [1.29, 1.82) is 5.26 Å². The van der Waals surface area contributed by atoms with Crippen molar-refractivity contribution >= 4 is 15.9 Å². The molecule has 0 saturated heterocycles. The second-order valence-corrected chi connectivity index (χ2v) is 4.13. The smallest absolute Gasteiger partial charge is 0.0635 e. The second-order valence-electron chi connectivity index (χ2n) is 3.48. The molecule has 0 heterocycles. The minimum absolute atomic E-state index is 0.637. The molecule has 13 heavy (non-hydrogen) atoms. The van der Waals surface area contributed by atoms with E-state index < -0.39 is 0 Å². The van der Waals surface area contributed by atoms with E-state index in [4.69, 9.17) is 5.26 Å². The lowest BCUT2D eigenvalue weighted by atomic mass is 10.1. The van der Waals surface area contributed by atoms with Crippen LogP contribution in [0.3, 0.4) is 0 Å². The molecule has 0 N–H and O–H groups in total. The maximum absolute atomic E-state index is 8.42. The zero-order chi connectivity index (χ0) is 10.1. The van der Waals surface area contributed by atoms with Crippen LogP contribution in [0.5, 0.6) is 0 Å². The highest BCUT2D eigenvalue weighted by Crippen LogP contribution is 2.10. The molecule has 0 aromatic rings. The molecule has 0 aliphatic heterocycles. The first kappa shape index (κ1) is 12.9. The van der Waals surface area contributed by atoms with Crippen LogP contribution in [0, 0.1) is 17.2 Å². The molecule has 0 radical (unpaired) electrons. The number of alkyl halides is 1. The normalized spacial score (nSPS) is 12.8. The van der Waals surface area contributed by atoms with Crippen molar-refractivity contribution in [2.45, 2.75) is 26.2 Å². The molecular formula is C10H19BrN2. The summed E-state index contributed by atoms with van der Waals surface area (Å²) in [7, 11) is 2.09. The standard InChI is InChI=1S/C10H19BrN2/c1-3-5-10(8-11)9-13(2)7-4-6-12/h10H,3-5,7-9H2,1-2H3. The van der Waals surface area contributed by atoms with E-state index in [9.17, 15) is 0 Å². The summed E-state index contributed by atoms with van der Waals surface area (Å²) >= 11 is 3.52. The van der Waals surface area contributed by atoms with Crippen molar-refractivity contribution < 1.29 is 0 Å². The molecule has 0 spiro atoms. The van der Waals surface area contributed by atoms with Gasteiger partial charge in [0.05, 0.1) is 6.07 Å². The summed E-state index contributed by atoms with van der Waals surface area (Å²) in [6.45, 7) is 4.20. The van der Waals surface area contributed by atoms with Gasteiger partial charge in [0.1, 0.15) is 0 Å². The molecule has 0 bridgehead atoms. The highest BCUT2D eigenvalue weighted by atomic mass is 79.9. The average Bonchev–Trinajstić information content (AvgIpc) is 2.14. The van der Waals surface area contributed by atoms with Crippen LogP contribution in [-0.2, 0) is 0 Å². The van der Waals surface area contributed by atoms with Crippen LogP contribution in [0.2, 0.25) is 0 Å². The van der Waals surface area contributed by atoms with Gasteiger partial charge in [0.15, 0.2) is 0 Å². The van der Waals surface area contributed by atoms with Gasteiger partial charge in [-0.25, -0.2) is 0 Å². The van der Waals surface area contributed by atoms with Crippen LogP contribution in [0.25, 0.3) is 0 Å². The fourth-order valence-corrected chi connectivity index (χ4v) is 1.93. The Balaban J connectivity index is 3.60. The van der Waals surface area contributed by atoms with E-state index in [0.29, 0.717) is 6.42 Å². The molecule has 2 nitrogen and oxygen atoms in total. The Kier molecular flexibility index (Phi) is 8.48. The van der Waals surface area contributed by atoms with Gasteiger partial charge in [0.2, 0.25) is 0 Å². The summed E-state index contributed by atoms with van der Waals surface area (Å²) in [5, 5.41) is 9.49. The van der Waals surface area contributed by atoms with Crippen molar-refractivity contribution in [2.75, 3.05) is 25.5 Å². The average molecular weight is 247 g/mol. The second kappa shape index (κ2) is 8.52. The molecule has 0 saturated carbocycles. The topological polar surface area (TPSA) is 27.0 Å². The lowest BCUT2D eigenvalue weighted by Gasteiger charge is -2.21. The summed E-state index contributed by atoms with van der Waals surface area (Å²) in [5.41, 5.74) is 0. The van der Waals surface area contributed by atoms with Crippen molar-refractivity contribution in [1.82, 2.24) is 4.90 Å². The molecule has 0 aliphatic rings. The molecule has 3 heteroatoms. The predicted octanol–water partition coefficient (Wildman–Crippen LogP) is 2.64.